The molecule has 2 atom stereocenters. The van der Waals surface area contributed by atoms with Crippen molar-refractivity contribution < 1.29 is 9.53 Å². The van der Waals surface area contributed by atoms with Gasteiger partial charge < -0.3 is 0 Å². The molecule has 0 aliphatic carbocycles. The van der Waals surface area contributed by atoms with Gasteiger partial charge in [-0.2, -0.15) is 0 Å². The third kappa shape index (κ3) is 9.86. The Hall–Kier alpha value is -0.884. The number of aliphatic hydroxyl groups excluding tert-OH is 1. The van der Waals surface area contributed by atoms with E-state index in [-0.39, 0.29) is 17.1 Å². The van der Waals surface area contributed by atoms with Gasteiger partial charge in [0.1, 0.15) is 0 Å². The van der Waals surface area contributed by atoms with Crippen LogP contribution in [0.3, 0.4) is 0 Å². The van der Waals surface area contributed by atoms with Gasteiger partial charge in [0.25, 0.3) is 0 Å². The van der Waals surface area contributed by atoms with E-state index in [9.17, 15) is 5.11 Å². The Morgan fingerprint density at radius 3 is 1.62 bits per heavy atom. The van der Waals surface area contributed by atoms with Crippen LogP contribution >= 0.6 is 0 Å². The second-order valence-corrected chi connectivity index (χ2v) is 30.1. The van der Waals surface area contributed by atoms with Crippen LogP contribution in [-0.2, 0) is 4.43 Å². The second kappa shape index (κ2) is 17.2. The zero-order valence-electron chi connectivity index (χ0n) is 26.2. The average Bonchev–Trinajstić information content (AvgIpc) is 2.94. The zero-order chi connectivity index (χ0) is 28.8. The minimum absolute atomic E-state index is 0.0494. The van der Waals surface area contributed by atoms with Crippen LogP contribution in [0.2, 0.25) is 18.3 Å². The number of aliphatic hydroxyl groups is 1. The van der Waals surface area contributed by atoms with Crippen LogP contribution < -0.4 is 10.4 Å². The van der Waals surface area contributed by atoms with E-state index in [1.165, 1.54) is 62.2 Å². The summed E-state index contributed by atoms with van der Waals surface area (Å²) in [6, 6.07) is 21.7. The molecule has 39 heavy (non-hydrogen) atoms. The number of hydrogen-bond donors (Lipinski definition) is 1. The van der Waals surface area contributed by atoms with Gasteiger partial charge in [0.05, 0.1) is 0 Å². The summed E-state index contributed by atoms with van der Waals surface area (Å²) in [5.41, 5.74) is 0. The van der Waals surface area contributed by atoms with E-state index in [1.54, 1.807) is 0 Å². The van der Waals surface area contributed by atoms with E-state index >= 15 is 0 Å². The summed E-state index contributed by atoms with van der Waals surface area (Å²) in [6.45, 7) is 16.7. The van der Waals surface area contributed by atoms with Crippen molar-refractivity contribution in [2.45, 2.75) is 118 Å². The quantitative estimate of drug-likeness (QED) is 0.162. The van der Waals surface area contributed by atoms with Gasteiger partial charge >= 0.3 is 248 Å². The monoisotopic (exact) mass is 658 g/mol. The summed E-state index contributed by atoms with van der Waals surface area (Å²) < 4.78 is 14.3. The third-order valence-electron chi connectivity index (χ3n) is 8.57. The molecule has 2 nitrogen and oxygen atoms in total. The first-order valence-electron chi connectivity index (χ1n) is 15.8. The van der Waals surface area contributed by atoms with Crippen LogP contribution in [0.1, 0.15) is 93.4 Å². The molecule has 0 saturated heterocycles. The number of benzene rings is 2. The molecule has 0 spiro atoms. The summed E-state index contributed by atoms with van der Waals surface area (Å²) in [5.74, 6) is 0.0721. The van der Waals surface area contributed by atoms with Crippen molar-refractivity contribution >= 4 is 37.1 Å². The summed E-state index contributed by atoms with van der Waals surface area (Å²) in [7, 11) is -2.58. The van der Waals surface area contributed by atoms with E-state index in [0.717, 1.165) is 6.42 Å². The van der Waals surface area contributed by atoms with Crippen molar-refractivity contribution in [3.05, 3.63) is 70.8 Å². The summed E-state index contributed by atoms with van der Waals surface area (Å²) in [4.78, 5) is 0. The SMILES string of the molecule is CCC[CH2][Sn](/[CH]=C/C[C@H](O)[C@H](C)CO[Si](c1ccccc1)(c1ccccc1)C(C)(C)C)([CH2]CCC)[CH2]CCC. The van der Waals surface area contributed by atoms with Crippen molar-refractivity contribution in [3.63, 3.8) is 0 Å². The fraction of sp³-hybridized carbons (Fsp3) is 0.600. The molecule has 0 aliphatic rings. The molecule has 0 saturated carbocycles. The van der Waals surface area contributed by atoms with Crippen molar-refractivity contribution in [1.82, 2.24) is 0 Å². The van der Waals surface area contributed by atoms with E-state index < -0.39 is 26.7 Å². The van der Waals surface area contributed by atoms with Gasteiger partial charge in [-0.15, -0.1) is 0 Å². The van der Waals surface area contributed by atoms with E-state index in [1.807, 2.05) is 0 Å². The molecule has 0 radical (unpaired) electrons. The zero-order valence-corrected chi connectivity index (χ0v) is 30.1. The molecule has 1 N–H and O–H groups in total. The summed E-state index contributed by atoms with van der Waals surface area (Å²) >= 11 is -2.32. The van der Waals surface area contributed by atoms with Gasteiger partial charge in [-0.25, -0.2) is 0 Å². The molecular weight excluding hydrogens is 599 g/mol. The average molecular weight is 658 g/mol. The first-order valence-corrected chi connectivity index (χ1v) is 25.4. The molecule has 0 aromatic heterocycles. The molecule has 0 bridgehead atoms. The van der Waals surface area contributed by atoms with E-state index in [0.29, 0.717) is 6.61 Å². The molecule has 0 heterocycles. The molecule has 2 aromatic carbocycles. The predicted molar refractivity (Wildman–Crippen MR) is 177 cm³/mol. The van der Waals surface area contributed by atoms with Crippen molar-refractivity contribution in [3.8, 4) is 0 Å². The van der Waals surface area contributed by atoms with E-state index in [4.69, 9.17) is 4.43 Å². The maximum atomic E-state index is 11.3. The molecule has 0 fully saturated rings. The molecule has 218 valence electrons. The molecular formula is C35H58O2SiSn. The van der Waals surface area contributed by atoms with Crippen LogP contribution in [0.5, 0.6) is 0 Å². The predicted octanol–water partition coefficient (Wildman–Crippen LogP) is 8.89. The molecule has 2 rings (SSSR count). The minimum atomic E-state index is -2.58. The fourth-order valence-corrected chi connectivity index (χ4v) is 25.1. The van der Waals surface area contributed by atoms with Crippen molar-refractivity contribution in [1.29, 1.82) is 0 Å². The normalized spacial score (nSPS) is 14.6. The van der Waals surface area contributed by atoms with Crippen molar-refractivity contribution in [2.24, 2.45) is 5.92 Å². The van der Waals surface area contributed by atoms with E-state index in [2.05, 4.69) is 119 Å². The fourth-order valence-electron chi connectivity index (χ4n) is 6.03. The van der Waals surface area contributed by atoms with Crippen molar-refractivity contribution in [2.75, 3.05) is 6.61 Å². The summed E-state index contributed by atoms with van der Waals surface area (Å²) in [6.07, 6.45) is 10.8. The molecule has 4 heteroatoms. The first kappa shape index (κ1) is 34.3. The van der Waals surface area contributed by atoms with Crippen LogP contribution in [0.15, 0.2) is 70.8 Å². The van der Waals surface area contributed by atoms with Gasteiger partial charge in [-0.1, -0.05) is 0 Å². The Morgan fingerprint density at radius 2 is 1.23 bits per heavy atom. The number of rotatable bonds is 18. The van der Waals surface area contributed by atoms with Gasteiger partial charge in [0.15, 0.2) is 0 Å². The Bertz CT molecular complexity index is 877. The first-order chi connectivity index (χ1) is 18.7. The van der Waals surface area contributed by atoms with Crippen LogP contribution in [-0.4, -0.2) is 44.5 Å². The Kier molecular flexibility index (Phi) is 15.1. The van der Waals surface area contributed by atoms with Crippen LogP contribution in [0, 0.1) is 5.92 Å². The van der Waals surface area contributed by atoms with Gasteiger partial charge in [-0.3, -0.25) is 0 Å². The molecule has 0 unspecified atom stereocenters. The van der Waals surface area contributed by atoms with Crippen LogP contribution in [0.25, 0.3) is 0 Å². The standard InChI is InChI=1S/C23H31O2Si.3C4H9.Sn/c1-6-13-22(24)19(2)18-25-26(23(3,4)5,20-14-9-7-10-15-20)21-16-11-8-12-17-21;3*1-3-4-2;/h1,6-12,14-17,19,22,24H,13,18H2,2-5H3;3*1,3-4H2,2H3;/t19-,22+;;;;/m1..../s1. The third-order valence-corrected chi connectivity index (χ3v) is 27.8. The number of hydrogen-bond acceptors (Lipinski definition) is 2. The van der Waals surface area contributed by atoms with Gasteiger partial charge in [0, 0.05) is 0 Å². The second-order valence-electron chi connectivity index (χ2n) is 12.8. The molecule has 2 aromatic rings. The van der Waals surface area contributed by atoms with Crippen LogP contribution in [0.4, 0.5) is 0 Å². The Morgan fingerprint density at radius 1 is 0.795 bits per heavy atom. The Labute approximate surface area is 246 Å². The van der Waals surface area contributed by atoms with Gasteiger partial charge in [-0.05, 0) is 0 Å². The Balaban J connectivity index is 2.23. The number of unbranched alkanes of at least 4 members (excludes halogenated alkanes) is 3. The van der Waals surface area contributed by atoms with Gasteiger partial charge in [0.2, 0.25) is 0 Å². The summed E-state index contributed by atoms with van der Waals surface area (Å²) in [5, 5.41) is 13.8. The maximum absolute atomic E-state index is 11.3. The molecule has 0 amide bonds. The molecule has 0 aliphatic heterocycles. The topological polar surface area (TPSA) is 29.5 Å².